The molecule has 0 bridgehead atoms. The van der Waals surface area contributed by atoms with Gasteiger partial charge in [-0.2, -0.15) is 0 Å². The van der Waals surface area contributed by atoms with Gasteiger partial charge < -0.3 is 9.64 Å². The first kappa shape index (κ1) is 17.4. The number of benzene rings is 1. The van der Waals surface area contributed by atoms with Crippen LogP contribution in [-0.2, 0) is 4.74 Å². The first-order valence-electron chi connectivity index (χ1n) is 8.70. The second-order valence-corrected chi connectivity index (χ2v) is 6.69. The Morgan fingerprint density at radius 2 is 2.04 bits per heavy atom. The first-order chi connectivity index (χ1) is 13.1. The maximum Gasteiger partial charge on any atom is 0.328 e. The molecule has 7 nitrogen and oxygen atoms in total. The summed E-state index contributed by atoms with van der Waals surface area (Å²) in [5.41, 5.74) is 2.09. The third-order valence-electron chi connectivity index (χ3n) is 4.65. The van der Waals surface area contributed by atoms with E-state index in [1.165, 1.54) is 9.47 Å². The number of hydrogen-bond donors (Lipinski definition) is 1. The van der Waals surface area contributed by atoms with E-state index in [9.17, 15) is 9.59 Å². The molecule has 0 saturated carbocycles. The molecule has 7 heteroatoms. The van der Waals surface area contributed by atoms with Crippen molar-refractivity contribution in [3.05, 3.63) is 66.1 Å². The van der Waals surface area contributed by atoms with E-state index in [-0.39, 0.29) is 24.6 Å². The Balaban J connectivity index is 1.65. The number of pyridine rings is 1. The lowest BCUT2D eigenvalue weighted by Gasteiger charge is -2.11. The van der Waals surface area contributed by atoms with Gasteiger partial charge in [0.1, 0.15) is 6.23 Å². The molecule has 1 saturated heterocycles. The van der Waals surface area contributed by atoms with Crippen molar-refractivity contribution in [2.45, 2.75) is 12.3 Å². The standard InChI is InChI=1S/C20H20N4O3/c1-23(2)20(26)24-11-15(14-7-3-4-8-17(14)24)18(25)16-12-27-19(22-16)13-6-5-9-21-10-13/h3-11,16,19,22H,12H2,1-2H3. The summed E-state index contributed by atoms with van der Waals surface area (Å²) in [6, 6.07) is 10.5. The highest BCUT2D eigenvalue weighted by Crippen LogP contribution is 2.26. The minimum Gasteiger partial charge on any atom is -0.357 e. The van der Waals surface area contributed by atoms with Crippen LogP contribution in [0.25, 0.3) is 10.9 Å². The zero-order chi connectivity index (χ0) is 19.0. The predicted octanol–water partition coefficient (Wildman–Crippen LogP) is 2.44. The highest BCUT2D eigenvalue weighted by Gasteiger charge is 2.33. The maximum atomic E-state index is 13.1. The number of carbonyl (C=O) groups is 2. The minimum absolute atomic E-state index is 0.0945. The molecule has 0 radical (unpaired) electrons. The Bertz CT molecular complexity index is 997. The van der Waals surface area contributed by atoms with Gasteiger partial charge in [0.2, 0.25) is 0 Å². The van der Waals surface area contributed by atoms with E-state index in [4.69, 9.17) is 4.74 Å². The molecule has 3 heterocycles. The predicted molar refractivity (Wildman–Crippen MR) is 101 cm³/mol. The Morgan fingerprint density at radius 1 is 1.22 bits per heavy atom. The molecule has 0 aliphatic carbocycles. The molecule has 1 aliphatic rings. The van der Waals surface area contributed by atoms with E-state index in [1.807, 2.05) is 36.4 Å². The monoisotopic (exact) mass is 364 g/mol. The van der Waals surface area contributed by atoms with Gasteiger partial charge in [0.05, 0.1) is 18.2 Å². The molecule has 1 aromatic carbocycles. The summed E-state index contributed by atoms with van der Waals surface area (Å²) in [6.07, 6.45) is 4.66. The van der Waals surface area contributed by atoms with E-state index < -0.39 is 6.04 Å². The fourth-order valence-corrected chi connectivity index (χ4v) is 3.28. The number of para-hydroxylation sites is 1. The molecule has 1 N–H and O–H groups in total. The van der Waals surface area contributed by atoms with Crippen LogP contribution in [0.5, 0.6) is 0 Å². The molecule has 2 atom stereocenters. The zero-order valence-corrected chi connectivity index (χ0v) is 15.1. The van der Waals surface area contributed by atoms with Crippen LogP contribution in [0, 0.1) is 0 Å². The van der Waals surface area contributed by atoms with Crippen molar-refractivity contribution >= 4 is 22.7 Å². The molecule has 1 fully saturated rings. The maximum absolute atomic E-state index is 13.1. The van der Waals surface area contributed by atoms with Gasteiger partial charge in [0, 0.05) is 49.2 Å². The van der Waals surface area contributed by atoms with E-state index in [0.29, 0.717) is 11.1 Å². The molecular weight excluding hydrogens is 344 g/mol. The van der Waals surface area contributed by atoms with Gasteiger partial charge in [0.15, 0.2) is 5.78 Å². The quantitative estimate of drug-likeness (QED) is 0.723. The van der Waals surface area contributed by atoms with Gasteiger partial charge in [0.25, 0.3) is 0 Å². The van der Waals surface area contributed by atoms with Crippen molar-refractivity contribution in [3.8, 4) is 0 Å². The van der Waals surface area contributed by atoms with Crippen molar-refractivity contribution < 1.29 is 14.3 Å². The number of aromatic nitrogens is 2. The van der Waals surface area contributed by atoms with Gasteiger partial charge in [-0.15, -0.1) is 0 Å². The van der Waals surface area contributed by atoms with Crippen molar-refractivity contribution in [1.82, 2.24) is 19.8 Å². The number of ether oxygens (including phenoxy) is 1. The van der Waals surface area contributed by atoms with Crippen LogP contribution in [-0.4, -0.2) is 53.0 Å². The second-order valence-electron chi connectivity index (χ2n) is 6.69. The minimum atomic E-state index is -0.482. The number of nitrogens with zero attached hydrogens (tertiary/aromatic N) is 3. The summed E-state index contributed by atoms with van der Waals surface area (Å²) in [5, 5.41) is 3.97. The Hall–Kier alpha value is -3.03. The number of amides is 1. The fraction of sp³-hybridized carbons (Fsp3) is 0.250. The van der Waals surface area contributed by atoms with Crippen molar-refractivity contribution in [1.29, 1.82) is 0 Å². The van der Waals surface area contributed by atoms with Gasteiger partial charge >= 0.3 is 6.03 Å². The van der Waals surface area contributed by atoms with Crippen LogP contribution >= 0.6 is 0 Å². The third kappa shape index (κ3) is 3.11. The lowest BCUT2D eigenvalue weighted by Crippen LogP contribution is -2.34. The smallest absolute Gasteiger partial charge is 0.328 e. The largest absolute Gasteiger partial charge is 0.357 e. The molecule has 27 heavy (non-hydrogen) atoms. The highest BCUT2D eigenvalue weighted by atomic mass is 16.5. The molecule has 4 rings (SSSR count). The lowest BCUT2D eigenvalue weighted by molar-refractivity contribution is 0.0909. The van der Waals surface area contributed by atoms with Crippen LogP contribution in [0.4, 0.5) is 4.79 Å². The second kappa shape index (κ2) is 6.94. The van der Waals surface area contributed by atoms with Crippen LogP contribution in [0.2, 0.25) is 0 Å². The summed E-state index contributed by atoms with van der Waals surface area (Å²) in [6.45, 7) is 0.263. The molecule has 2 unspecified atom stereocenters. The highest BCUT2D eigenvalue weighted by molar-refractivity contribution is 6.12. The summed E-state index contributed by atoms with van der Waals surface area (Å²) in [4.78, 5) is 31.2. The van der Waals surface area contributed by atoms with E-state index >= 15 is 0 Å². The van der Waals surface area contributed by atoms with Crippen molar-refractivity contribution in [2.24, 2.45) is 0 Å². The number of hydrogen-bond acceptors (Lipinski definition) is 5. The number of Topliss-reactive ketones (excluding diaryl/α,β-unsaturated/α-hetero) is 1. The van der Waals surface area contributed by atoms with Crippen molar-refractivity contribution in [3.63, 3.8) is 0 Å². The Labute approximate surface area is 156 Å². The fourth-order valence-electron chi connectivity index (χ4n) is 3.28. The number of carbonyl (C=O) groups excluding carboxylic acids is 2. The summed E-state index contributed by atoms with van der Waals surface area (Å²) in [5.74, 6) is -0.0945. The van der Waals surface area contributed by atoms with Crippen LogP contribution in [0.15, 0.2) is 55.0 Å². The van der Waals surface area contributed by atoms with Gasteiger partial charge in [-0.3, -0.25) is 19.7 Å². The van der Waals surface area contributed by atoms with E-state index in [2.05, 4.69) is 10.3 Å². The Morgan fingerprint density at radius 3 is 2.78 bits per heavy atom. The zero-order valence-electron chi connectivity index (χ0n) is 15.1. The summed E-state index contributed by atoms with van der Waals surface area (Å²) < 4.78 is 7.26. The molecule has 0 spiro atoms. The van der Waals surface area contributed by atoms with Crippen LogP contribution in [0.1, 0.15) is 22.1 Å². The Kier molecular flexibility index (Phi) is 4.47. The first-order valence-corrected chi connectivity index (χ1v) is 8.70. The molecule has 138 valence electrons. The van der Waals surface area contributed by atoms with Gasteiger partial charge in [-0.1, -0.05) is 24.3 Å². The molecule has 1 amide bonds. The average molecular weight is 364 g/mol. The molecular formula is C20H20N4O3. The van der Waals surface area contributed by atoms with Crippen LogP contribution < -0.4 is 5.32 Å². The average Bonchev–Trinajstić information content (AvgIpc) is 3.33. The SMILES string of the molecule is CN(C)C(=O)n1cc(C(=O)C2COC(c3cccnc3)N2)c2ccccc21. The van der Waals surface area contributed by atoms with E-state index in [0.717, 1.165) is 10.9 Å². The van der Waals surface area contributed by atoms with Crippen molar-refractivity contribution in [2.75, 3.05) is 20.7 Å². The molecule has 3 aromatic rings. The van der Waals surface area contributed by atoms with Gasteiger partial charge in [-0.25, -0.2) is 4.79 Å². The lowest BCUT2D eigenvalue weighted by atomic mass is 10.0. The molecule has 1 aliphatic heterocycles. The number of ketones is 1. The van der Waals surface area contributed by atoms with Crippen LogP contribution in [0.3, 0.4) is 0 Å². The third-order valence-corrected chi connectivity index (χ3v) is 4.65. The summed E-state index contributed by atoms with van der Waals surface area (Å²) in [7, 11) is 3.37. The van der Waals surface area contributed by atoms with Gasteiger partial charge in [-0.05, 0) is 12.1 Å². The topological polar surface area (TPSA) is 76.5 Å². The summed E-state index contributed by atoms with van der Waals surface area (Å²) >= 11 is 0. The number of rotatable bonds is 3. The van der Waals surface area contributed by atoms with E-state index in [1.54, 1.807) is 32.7 Å². The molecule has 2 aromatic heterocycles. The number of fused-ring (bicyclic) bond motifs is 1. The normalized spacial score (nSPS) is 19.3. The number of nitrogens with one attached hydrogen (secondary N) is 1.